The Morgan fingerprint density at radius 1 is 1.37 bits per heavy atom. The molecule has 3 nitrogen and oxygen atoms in total. The molecule has 0 fully saturated rings. The topological polar surface area (TPSA) is 45.1 Å². The van der Waals surface area contributed by atoms with E-state index in [0.717, 1.165) is 12.8 Å². The van der Waals surface area contributed by atoms with Gasteiger partial charge in [0.05, 0.1) is 0 Å². The fraction of sp³-hybridized carbons (Fsp3) is 0.312. The number of rotatable bonds is 3. The molecule has 1 aliphatic rings. The van der Waals surface area contributed by atoms with Gasteiger partial charge in [-0.3, -0.25) is 4.98 Å². The van der Waals surface area contributed by atoms with Crippen molar-refractivity contribution in [2.75, 3.05) is 0 Å². The van der Waals surface area contributed by atoms with Gasteiger partial charge in [-0.15, -0.1) is 0 Å². The van der Waals surface area contributed by atoms with Crippen molar-refractivity contribution in [1.82, 2.24) is 10.3 Å². The zero-order chi connectivity index (χ0) is 13.2. The second-order valence-electron chi connectivity index (χ2n) is 5.15. The van der Waals surface area contributed by atoms with Crippen LogP contribution >= 0.6 is 0 Å². The Hall–Kier alpha value is -1.87. The number of nitrogens with zero attached hydrogens (tertiary/aromatic N) is 1. The number of aryl methyl sites for hydroxylation is 1. The molecule has 0 saturated heterocycles. The zero-order valence-electron chi connectivity index (χ0n) is 11.0. The van der Waals surface area contributed by atoms with Gasteiger partial charge in [0, 0.05) is 24.5 Å². The summed E-state index contributed by atoms with van der Waals surface area (Å²) in [6.07, 6.45) is 5.82. The molecule has 0 saturated carbocycles. The molecule has 1 heterocycles. The van der Waals surface area contributed by atoms with E-state index in [2.05, 4.69) is 23.3 Å². The summed E-state index contributed by atoms with van der Waals surface area (Å²) in [5.41, 5.74) is 3.78. The van der Waals surface area contributed by atoms with Crippen molar-refractivity contribution in [3.8, 4) is 5.75 Å². The van der Waals surface area contributed by atoms with Crippen molar-refractivity contribution < 1.29 is 5.11 Å². The van der Waals surface area contributed by atoms with Gasteiger partial charge in [0.2, 0.25) is 0 Å². The van der Waals surface area contributed by atoms with E-state index in [4.69, 9.17) is 0 Å². The molecule has 98 valence electrons. The minimum Gasteiger partial charge on any atom is -0.508 e. The molecule has 3 heteroatoms. The highest BCUT2D eigenvalue weighted by Crippen LogP contribution is 2.34. The van der Waals surface area contributed by atoms with E-state index >= 15 is 0 Å². The third-order valence-corrected chi connectivity index (χ3v) is 3.84. The lowest BCUT2D eigenvalue weighted by atomic mass is 10.1. The van der Waals surface area contributed by atoms with Crippen molar-refractivity contribution in [3.05, 3.63) is 59.4 Å². The normalized spacial score (nSPS) is 19.1. The molecule has 2 N–H and O–H groups in total. The van der Waals surface area contributed by atoms with Crippen LogP contribution in [-0.2, 0) is 6.42 Å². The van der Waals surface area contributed by atoms with Crippen LogP contribution in [0.25, 0.3) is 0 Å². The molecule has 19 heavy (non-hydrogen) atoms. The average Bonchev–Trinajstić information content (AvgIpc) is 2.82. The summed E-state index contributed by atoms with van der Waals surface area (Å²) in [5, 5.41) is 13.2. The van der Waals surface area contributed by atoms with Gasteiger partial charge < -0.3 is 10.4 Å². The molecule has 2 atom stereocenters. The van der Waals surface area contributed by atoms with Gasteiger partial charge in [-0.25, -0.2) is 0 Å². The number of hydrogen-bond acceptors (Lipinski definition) is 3. The van der Waals surface area contributed by atoms with Crippen molar-refractivity contribution in [2.45, 2.75) is 31.8 Å². The lowest BCUT2D eigenvalue weighted by molar-refractivity contribution is 0.463. The first-order chi connectivity index (χ1) is 9.24. The van der Waals surface area contributed by atoms with Crippen molar-refractivity contribution >= 4 is 0 Å². The molecule has 0 amide bonds. The summed E-state index contributed by atoms with van der Waals surface area (Å²) < 4.78 is 0. The van der Waals surface area contributed by atoms with Crippen LogP contribution in [0.1, 0.15) is 42.1 Å². The van der Waals surface area contributed by atoms with E-state index in [9.17, 15) is 5.11 Å². The quantitative estimate of drug-likeness (QED) is 0.884. The predicted octanol–water partition coefficient (Wildman–Crippen LogP) is 3.13. The Kier molecular flexibility index (Phi) is 3.22. The summed E-state index contributed by atoms with van der Waals surface area (Å²) in [5.74, 6) is 0.361. The summed E-state index contributed by atoms with van der Waals surface area (Å²) in [6, 6.07) is 10.4. The van der Waals surface area contributed by atoms with Crippen LogP contribution in [0.3, 0.4) is 0 Å². The highest BCUT2D eigenvalue weighted by Gasteiger charge is 2.24. The Balaban J connectivity index is 1.76. The van der Waals surface area contributed by atoms with Crippen LogP contribution < -0.4 is 5.32 Å². The van der Waals surface area contributed by atoms with E-state index in [1.165, 1.54) is 16.7 Å². The fourth-order valence-corrected chi connectivity index (χ4v) is 2.81. The molecule has 2 aromatic rings. The summed E-state index contributed by atoms with van der Waals surface area (Å²) in [4.78, 5) is 4.16. The van der Waals surface area contributed by atoms with E-state index < -0.39 is 0 Å². The minimum atomic E-state index is 0.276. The van der Waals surface area contributed by atoms with E-state index in [0.29, 0.717) is 11.8 Å². The van der Waals surface area contributed by atoms with Crippen molar-refractivity contribution in [3.63, 3.8) is 0 Å². The van der Waals surface area contributed by atoms with Crippen LogP contribution in [-0.4, -0.2) is 10.1 Å². The number of fused-ring (bicyclic) bond motifs is 1. The largest absolute Gasteiger partial charge is 0.508 e. The number of nitrogens with one attached hydrogen (secondary N) is 1. The van der Waals surface area contributed by atoms with Gasteiger partial charge in [0.1, 0.15) is 5.75 Å². The van der Waals surface area contributed by atoms with Gasteiger partial charge >= 0.3 is 0 Å². The first-order valence-corrected chi connectivity index (χ1v) is 6.72. The third kappa shape index (κ3) is 2.47. The van der Waals surface area contributed by atoms with Crippen LogP contribution in [0.4, 0.5) is 0 Å². The van der Waals surface area contributed by atoms with Crippen LogP contribution in [0.5, 0.6) is 5.75 Å². The third-order valence-electron chi connectivity index (χ3n) is 3.84. The molecule has 1 aromatic heterocycles. The molecular weight excluding hydrogens is 236 g/mol. The number of aromatic nitrogens is 1. The number of benzene rings is 1. The number of pyridine rings is 1. The maximum atomic E-state index is 9.51. The molecule has 0 radical (unpaired) electrons. The SMILES string of the molecule is C[C@@H](NC1CCc2cc(O)ccc21)c1cccnc1. The Morgan fingerprint density at radius 3 is 3.05 bits per heavy atom. The van der Waals surface area contributed by atoms with Crippen LogP contribution in [0.15, 0.2) is 42.7 Å². The zero-order valence-corrected chi connectivity index (χ0v) is 11.0. The average molecular weight is 254 g/mol. The summed E-state index contributed by atoms with van der Waals surface area (Å²) in [7, 11) is 0. The number of aromatic hydroxyl groups is 1. The summed E-state index contributed by atoms with van der Waals surface area (Å²) >= 11 is 0. The lowest BCUT2D eigenvalue weighted by Gasteiger charge is -2.20. The monoisotopic (exact) mass is 254 g/mol. The first-order valence-electron chi connectivity index (χ1n) is 6.72. The minimum absolute atomic E-state index is 0.276. The molecule has 3 rings (SSSR count). The van der Waals surface area contributed by atoms with Crippen molar-refractivity contribution in [2.24, 2.45) is 0 Å². The molecular formula is C16H18N2O. The Morgan fingerprint density at radius 2 is 2.26 bits per heavy atom. The van der Waals surface area contributed by atoms with Crippen LogP contribution in [0.2, 0.25) is 0 Å². The van der Waals surface area contributed by atoms with Gasteiger partial charge in [0.25, 0.3) is 0 Å². The molecule has 1 unspecified atom stereocenters. The lowest BCUT2D eigenvalue weighted by Crippen LogP contribution is -2.23. The van der Waals surface area contributed by atoms with Gasteiger partial charge in [-0.05, 0) is 54.7 Å². The number of phenols is 1. The highest BCUT2D eigenvalue weighted by molar-refractivity contribution is 5.40. The molecule has 1 aliphatic carbocycles. The maximum Gasteiger partial charge on any atom is 0.115 e. The Bertz CT molecular complexity index is 568. The molecule has 1 aromatic carbocycles. The van der Waals surface area contributed by atoms with Crippen molar-refractivity contribution in [1.29, 1.82) is 0 Å². The van der Waals surface area contributed by atoms with E-state index in [1.54, 1.807) is 12.3 Å². The van der Waals surface area contributed by atoms with E-state index in [1.807, 2.05) is 24.4 Å². The maximum absolute atomic E-state index is 9.51. The number of hydrogen-bond donors (Lipinski definition) is 2. The first kappa shape index (κ1) is 12.2. The fourth-order valence-electron chi connectivity index (χ4n) is 2.81. The van der Waals surface area contributed by atoms with E-state index in [-0.39, 0.29) is 6.04 Å². The van der Waals surface area contributed by atoms with Gasteiger partial charge in [-0.1, -0.05) is 12.1 Å². The standard InChI is InChI=1S/C16H18N2O/c1-11(13-3-2-8-17-10-13)18-16-7-4-12-9-14(19)5-6-15(12)16/h2-3,5-6,8-11,16,18-19H,4,7H2,1H3/t11-,16?/m1/s1. The number of phenolic OH excluding ortho intramolecular Hbond substituents is 1. The second-order valence-corrected chi connectivity index (χ2v) is 5.15. The van der Waals surface area contributed by atoms with Gasteiger partial charge in [-0.2, -0.15) is 0 Å². The van der Waals surface area contributed by atoms with Crippen LogP contribution in [0, 0.1) is 0 Å². The molecule has 0 bridgehead atoms. The molecule has 0 spiro atoms. The highest BCUT2D eigenvalue weighted by atomic mass is 16.3. The smallest absolute Gasteiger partial charge is 0.115 e. The molecule has 0 aliphatic heterocycles. The summed E-state index contributed by atoms with van der Waals surface area (Å²) in [6.45, 7) is 2.16. The van der Waals surface area contributed by atoms with Gasteiger partial charge in [0.15, 0.2) is 0 Å². The predicted molar refractivity (Wildman–Crippen MR) is 75.0 cm³/mol. The Labute approximate surface area is 113 Å². The second kappa shape index (κ2) is 5.02.